The summed E-state index contributed by atoms with van der Waals surface area (Å²) in [5.74, 6) is 0.469. The van der Waals surface area contributed by atoms with Crippen LogP contribution in [0.5, 0.6) is 0 Å². The lowest BCUT2D eigenvalue weighted by Crippen LogP contribution is -3.08. The van der Waals surface area contributed by atoms with Gasteiger partial charge in [0.05, 0.1) is 49.4 Å². The van der Waals surface area contributed by atoms with Crippen molar-refractivity contribution in [3.05, 3.63) is 50.1 Å². The molecule has 0 amide bonds. The molecule has 2 aromatic heterocycles. The van der Waals surface area contributed by atoms with E-state index in [1.165, 1.54) is 9.78 Å². The summed E-state index contributed by atoms with van der Waals surface area (Å²) >= 11 is 7.80. The van der Waals surface area contributed by atoms with Crippen LogP contribution in [0.2, 0.25) is 5.02 Å². The van der Waals surface area contributed by atoms with Gasteiger partial charge in [-0.25, -0.2) is 9.55 Å². The number of likely N-dealkylation sites (N-methyl/N-ethyl adjacent to an activating group) is 1. The van der Waals surface area contributed by atoms with Crippen molar-refractivity contribution in [2.45, 2.75) is 13.0 Å². The Balaban J connectivity index is 1.81. The predicted octanol–water partition coefficient (Wildman–Crippen LogP) is 1.09. The summed E-state index contributed by atoms with van der Waals surface area (Å²) in [6.45, 7) is 3.06. The van der Waals surface area contributed by atoms with Crippen LogP contribution in [0.15, 0.2) is 29.1 Å². The average molecular weight is 436 g/mol. The van der Waals surface area contributed by atoms with Crippen LogP contribution in [0.3, 0.4) is 0 Å². The van der Waals surface area contributed by atoms with Crippen LogP contribution < -0.4 is 15.8 Å². The average Bonchev–Trinajstić information content (AvgIpc) is 3.05. The molecular weight excluding hydrogens is 412 g/mol. The third-order valence-electron chi connectivity index (χ3n) is 5.00. The number of anilines is 1. The number of ether oxygens (including phenoxy) is 1. The summed E-state index contributed by atoms with van der Waals surface area (Å²) in [6, 6.07) is 7.22. The van der Waals surface area contributed by atoms with Crippen molar-refractivity contribution in [3.8, 4) is 5.69 Å². The van der Waals surface area contributed by atoms with Crippen LogP contribution in [0.1, 0.15) is 10.4 Å². The fourth-order valence-corrected chi connectivity index (χ4v) is 5.14. The number of halogens is 1. The molecule has 1 aromatic carbocycles. The molecule has 1 unspecified atom stereocenters. The summed E-state index contributed by atoms with van der Waals surface area (Å²) in [5, 5.41) is 13.3. The van der Waals surface area contributed by atoms with E-state index in [0.717, 1.165) is 35.3 Å². The number of nitrogens with one attached hydrogen (secondary N) is 2. The van der Waals surface area contributed by atoms with Crippen molar-refractivity contribution >= 4 is 39.1 Å². The molecule has 3 N–H and O–H groups in total. The number of nitrogens with zero attached hydrogens (tertiary/aromatic N) is 2. The monoisotopic (exact) mass is 435 g/mol. The maximum atomic E-state index is 13.6. The highest BCUT2D eigenvalue weighted by Gasteiger charge is 2.26. The molecule has 0 bridgehead atoms. The van der Waals surface area contributed by atoms with E-state index in [-0.39, 0.29) is 18.8 Å². The molecule has 29 heavy (non-hydrogen) atoms. The molecule has 3 aromatic rings. The van der Waals surface area contributed by atoms with Crippen LogP contribution in [0.25, 0.3) is 15.9 Å². The molecule has 1 aliphatic rings. The Morgan fingerprint density at radius 1 is 1.41 bits per heavy atom. The zero-order valence-electron chi connectivity index (χ0n) is 16.2. The Hall–Kier alpha value is -1.97. The van der Waals surface area contributed by atoms with E-state index in [0.29, 0.717) is 29.8 Å². The lowest BCUT2D eigenvalue weighted by molar-refractivity contribution is -0.895. The number of aliphatic hydroxyl groups excluding tert-OH is 1. The second-order valence-corrected chi connectivity index (χ2v) is 8.66. The van der Waals surface area contributed by atoms with Gasteiger partial charge < -0.3 is 20.1 Å². The number of benzene rings is 1. The molecule has 0 radical (unpaired) electrons. The molecule has 1 aliphatic heterocycles. The second-order valence-electron chi connectivity index (χ2n) is 7.14. The molecule has 0 spiro atoms. The van der Waals surface area contributed by atoms with Gasteiger partial charge in [0.25, 0.3) is 5.56 Å². The number of hydrogen-bond acceptors (Lipinski definition) is 6. The first kappa shape index (κ1) is 20.3. The number of rotatable bonds is 7. The van der Waals surface area contributed by atoms with E-state index in [1.54, 1.807) is 28.0 Å². The minimum atomic E-state index is -0.0758. The van der Waals surface area contributed by atoms with Gasteiger partial charge in [0.15, 0.2) is 0 Å². The molecule has 1 atom stereocenters. The number of quaternary nitrogens is 1. The van der Waals surface area contributed by atoms with E-state index in [1.807, 2.05) is 12.1 Å². The van der Waals surface area contributed by atoms with Gasteiger partial charge in [-0.3, -0.25) is 4.79 Å². The molecule has 7 nitrogen and oxygen atoms in total. The van der Waals surface area contributed by atoms with Crippen molar-refractivity contribution in [1.29, 1.82) is 0 Å². The molecule has 154 valence electrons. The van der Waals surface area contributed by atoms with Crippen LogP contribution in [-0.4, -0.2) is 54.6 Å². The van der Waals surface area contributed by atoms with E-state index >= 15 is 0 Å². The molecule has 0 aliphatic carbocycles. The van der Waals surface area contributed by atoms with Crippen molar-refractivity contribution in [3.63, 3.8) is 0 Å². The normalized spacial score (nSPS) is 16.2. The Labute approximate surface area is 177 Å². The summed E-state index contributed by atoms with van der Waals surface area (Å²) in [7, 11) is 2.17. The van der Waals surface area contributed by atoms with Gasteiger partial charge >= 0.3 is 0 Å². The quantitative estimate of drug-likeness (QED) is 0.484. The van der Waals surface area contributed by atoms with Crippen molar-refractivity contribution in [2.75, 3.05) is 45.3 Å². The predicted molar refractivity (Wildman–Crippen MR) is 116 cm³/mol. The maximum Gasteiger partial charge on any atom is 0.268 e. The first-order valence-electron chi connectivity index (χ1n) is 9.65. The first-order valence-corrected chi connectivity index (χ1v) is 10.8. The van der Waals surface area contributed by atoms with Crippen LogP contribution >= 0.6 is 22.9 Å². The third-order valence-corrected chi connectivity index (χ3v) is 6.36. The Kier molecular flexibility index (Phi) is 6.17. The SMILES string of the molecule is C[NH+]1CCc2c(sc3nc(NCCOCCO)n(-c4cccc(Cl)c4)c(=O)c23)C1. The zero-order valence-corrected chi connectivity index (χ0v) is 17.8. The highest BCUT2D eigenvalue weighted by atomic mass is 35.5. The lowest BCUT2D eigenvalue weighted by Gasteiger charge is -2.19. The van der Waals surface area contributed by atoms with Crippen LogP contribution in [0, 0.1) is 0 Å². The summed E-state index contributed by atoms with van der Waals surface area (Å²) < 4.78 is 6.91. The fourth-order valence-electron chi connectivity index (χ4n) is 3.63. The molecule has 9 heteroatoms. The lowest BCUT2D eigenvalue weighted by atomic mass is 10.1. The van der Waals surface area contributed by atoms with Gasteiger partial charge in [0.1, 0.15) is 11.4 Å². The molecule has 0 fully saturated rings. The maximum absolute atomic E-state index is 13.6. The van der Waals surface area contributed by atoms with Gasteiger partial charge in [-0.05, 0) is 23.8 Å². The largest absolute Gasteiger partial charge is 0.394 e. The fraction of sp³-hybridized carbons (Fsp3) is 0.400. The Morgan fingerprint density at radius 2 is 2.28 bits per heavy atom. The molecule has 0 saturated heterocycles. The molecule has 0 saturated carbocycles. The number of hydrogen-bond donors (Lipinski definition) is 3. The van der Waals surface area contributed by atoms with Gasteiger partial charge in [0.2, 0.25) is 5.95 Å². The number of fused-ring (bicyclic) bond motifs is 3. The standard InChI is InChI=1S/C20H23ClN4O3S/c1-24-7-5-15-16(12-24)29-18-17(15)19(27)25(14-4-2-3-13(21)11-14)20(23-18)22-6-9-28-10-8-26/h2-4,11,26H,5-10,12H2,1H3,(H,22,23)/p+1. The minimum Gasteiger partial charge on any atom is -0.394 e. The smallest absolute Gasteiger partial charge is 0.268 e. The zero-order chi connectivity index (χ0) is 20.4. The number of aromatic nitrogens is 2. The van der Waals surface area contributed by atoms with Crippen molar-refractivity contribution in [1.82, 2.24) is 9.55 Å². The van der Waals surface area contributed by atoms with Crippen LogP contribution in [-0.2, 0) is 17.7 Å². The Morgan fingerprint density at radius 3 is 3.07 bits per heavy atom. The van der Waals surface area contributed by atoms with Crippen LogP contribution in [0.4, 0.5) is 5.95 Å². The summed E-state index contributed by atoms with van der Waals surface area (Å²) in [4.78, 5) is 21.8. The summed E-state index contributed by atoms with van der Waals surface area (Å²) in [5.41, 5.74) is 1.74. The molecule has 4 rings (SSSR count). The summed E-state index contributed by atoms with van der Waals surface area (Å²) in [6.07, 6.45) is 0.884. The molecular formula is C20H24ClN4O3S+. The van der Waals surface area contributed by atoms with Gasteiger partial charge in [-0.1, -0.05) is 17.7 Å². The first-order chi connectivity index (χ1) is 14.1. The van der Waals surface area contributed by atoms with Crippen molar-refractivity contribution < 1.29 is 14.7 Å². The van der Waals surface area contributed by atoms with Crippen molar-refractivity contribution in [2.24, 2.45) is 0 Å². The highest BCUT2D eigenvalue weighted by molar-refractivity contribution is 7.18. The highest BCUT2D eigenvalue weighted by Crippen LogP contribution is 2.31. The topological polar surface area (TPSA) is 80.8 Å². The Bertz CT molecular complexity index is 1080. The van der Waals surface area contributed by atoms with Gasteiger partial charge in [0, 0.05) is 18.0 Å². The number of aliphatic hydroxyl groups is 1. The van der Waals surface area contributed by atoms with E-state index in [2.05, 4.69) is 12.4 Å². The van der Waals surface area contributed by atoms with E-state index in [9.17, 15) is 4.79 Å². The van der Waals surface area contributed by atoms with Gasteiger partial charge in [-0.2, -0.15) is 0 Å². The second kappa shape index (κ2) is 8.81. The minimum absolute atomic E-state index is 0.0192. The third kappa shape index (κ3) is 4.17. The molecule has 3 heterocycles. The number of thiophene rings is 1. The van der Waals surface area contributed by atoms with Gasteiger partial charge in [-0.15, -0.1) is 11.3 Å². The van der Waals surface area contributed by atoms with E-state index in [4.69, 9.17) is 26.4 Å². The van der Waals surface area contributed by atoms with E-state index < -0.39 is 0 Å².